The number of benzene rings is 1. The molecule has 0 spiro atoms. The molecule has 0 bridgehead atoms. The normalized spacial score (nSPS) is 22.1. The molecule has 2 heterocycles. The standard InChI is InChI=1S/C15H16N2O3/c1-10-4-2-3-5-12(10)17-13(6-8-16-17)14-11(15(18)19)7-9-20-14/h2-6,8,11,14H,7,9H2,1H3,(H,18,19)/t11-,14+/m1/s1. The minimum absolute atomic E-state index is 0.436. The highest BCUT2D eigenvalue weighted by Crippen LogP contribution is 2.35. The van der Waals surface area contributed by atoms with Gasteiger partial charge in [0.05, 0.1) is 17.3 Å². The fourth-order valence-electron chi connectivity index (χ4n) is 2.67. The fraction of sp³-hybridized carbons (Fsp3) is 0.333. The summed E-state index contributed by atoms with van der Waals surface area (Å²) in [6, 6.07) is 9.71. The van der Waals surface area contributed by atoms with Crippen molar-refractivity contribution in [1.29, 1.82) is 0 Å². The molecule has 1 N–H and O–H groups in total. The number of para-hydroxylation sites is 1. The molecule has 2 aromatic rings. The van der Waals surface area contributed by atoms with Crippen molar-refractivity contribution in [2.45, 2.75) is 19.4 Å². The molecule has 0 radical (unpaired) electrons. The quantitative estimate of drug-likeness (QED) is 0.931. The van der Waals surface area contributed by atoms with Gasteiger partial charge < -0.3 is 9.84 Å². The lowest BCUT2D eigenvalue weighted by atomic mass is 9.99. The number of aryl methyl sites for hydroxylation is 1. The minimum atomic E-state index is -0.815. The van der Waals surface area contributed by atoms with Gasteiger partial charge in [0.15, 0.2) is 0 Å². The van der Waals surface area contributed by atoms with Gasteiger partial charge in [-0.15, -0.1) is 0 Å². The van der Waals surface area contributed by atoms with E-state index >= 15 is 0 Å². The summed E-state index contributed by atoms with van der Waals surface area (Å²) >= 11 is 0. The van der Waals surface area contributed by atoms with Crippen LogP contribution in [-0.4, -0.2) is 27.5 Å². The summed E-state index contributed by atoms with van der Waals surface area (Å²) in [5, 5.41) is 13.6. The molecular weight excluding hydrogens is 256 g/mol. The van der Waals surface area contributed by atoms with E-state index in [9.17, 15) is 9.90 Å². The highest BCUT2D eigenvalue weighted by molar-refractivity contribution is 5.71. The number of carboxylic acid groups (broad SMARTS) is 1. The lowest BCUT2D eigenvalue weighted by molar-refractivity contribution is -0.143. The van der Waals surface area contributed by atoms with Crippen molar-refractivity contribution in [3.05, 3.63) is 47.8 Å². The Hall–Kier alpha value is -2.14. The molecule has 1 aliphatic rings. The van der Waals surface area contributed by atoms with Crippen molar-refractivity contribution >= 4 is 5.97 Å². The van der Waals surface area contributed by atoms with Gasteiger partial charge in [-0.05, 0) is 31.0 Å². The molecule has 1 aromatic carbocycles. The first-order valence-corrected chi connectivity index (χ1v) is 6.63. The van der Waals surface area contributed by atoms with Crippen LogP contribution < -0.4 is 0 Å². The zero-order chi connectivity index (χ0) is 14.1. The van der Waals surface area contributed by atoms with Crippen LogP contribution in [0.15, 0.2) is 36.5 Å². The van der Waals surface area contributed by atoms with Crippen LogP contribution in [0.25, 0.3) is 5.69 Å². The first kappa shape index (κ1) is 12.9. The maximum atomic E-state index is 11.3. The molecule has 1 fully saturated rings. The fourth-order valence-corrected chi connectivity index (χ4v) is 2.67. The van der Waals surface area contributed by atoms with Crippen molar-refractivity contribution in [3.63, 3.8) is 0 Å². The number of ether oxygens (including phenoxy) is 1. The average molecular weight is 272 g/mol. The van der Waals surface area contributed by atoms with Gasteiger partial charge in [-0.25, -0.2) is 4.68 Å². The summed E-state index contributed by atoms with van der Waals surface area (Å²) in [5.41, 5.74) is 2.83. The van der Waals surface area contributed by atoms with Gasteiger partial charge in [-0.1, -0.05) is 18.2 Å². The topological polar surface area (TPSA) is 64.4 Å². The van der Waals surface area contributed by atoms with Crippen molar-refractivity contribution in [3.8, 4) is 5.69 Å². The monoisotopic (exact) mass is 272 g/mol. The number of hydrogen-bond acceptors (Lipinski definition) is 3. The predicted molar refractivity (Wildman–Crippen MR) is 72.7 cm³/mol. The van der Waals surface area contributed by atoms with Gasteiger partial charge in [0.25, 0.3) is 0 Å². The third kappa shape index (κ3) is 2.10. The molecule has 1 saturated heterocycles. The van der Waals surface area contributed by atoms with Crippen LogP contribution in [0.5, 0.6) is 0 Å². The number of carbonyl (C=O) groups is 1. The highest BCUT2D eigenvalue weighted by Gasteiger charge is 2.37. The van der Waals surface area contributed by atoms with Gasteiger partial charge in [-0.3, -0.25) is 4.79 Å². The zero-order valence-electron chi connectivity index (χ0n) is 11.2. The van der Waals surface area contributed by atoms with Crippen LogP contribution in [0.3, 0.4) is 0 Å². The Balaban J connectivity index is 2.03. The van der Waals surface area contributed by atoms with Crippen LogP contribution in [-0.2, 0) is 9.53 Å². The number of nitrogens with zero attached hydrogens (tertiary/aromatic N) is 2. The van der Waals surface area contributed by atoms with Gasteiger partial charge in [0.2, 0.25) is 0 Å². The van der Waals surface area contributed by atoms with E-state index in [0.717, 1.165) is 16.9 Å². The van der Waals surface area contributed by atoms with Crippen LogP contribution in [0, 0.1) is 12.8 Å². The minimum Gasteiger partial charge on any atom is -0.481 e. The van der Waals surface area contributed by atoms with Gasteiger partial charge in [0.1, 0.15) is 6.10 Å². The second kappa shape index (κ2) is 5.09. The van der Waals surface area contributed by atoms with E-state index in [-0.39, 0.29) is 0 Å². The summed E-state index contributed by atoms with van der Waals surface area (Å²) in [7, 11) is 0. The van der Waals surface area contributed by atoms with Crippen molar-refractivity contribution in [2.75, 3.05) is 6.61 Å². The lowest BCUT2D eigenvalue weighted by Crippen LogP contribution is -2.20. The number of aromatic nitrogens is 2. The second-order valence-corrected chi connectivity index (χ2v) is 4.98. The van der Waals surface area contributed by atoms with Gasteiger partial charge in [0, 0.05) is 12.8 Å². The molecule has 3 rings (SSSR count). The summed E-state index contributed by atoms with van der Waals surface area (Å²) in [4.78, 5) is 11.3. The number of aliphatic carboxylic acids is 1. The van der Waals surface area contributed by atoms with Crippen LogP contribution in [0.2, 0.25) is 0 Å². The van der Waals surface area contributed by atoms with E-state index in [1.807, 2.05) is 37.3 Å². The molecule has 0 amide bonds. The molecule has 0 aliphatic carbocycles. The predicted octanol–water partition coefficient (Wildman–Crippen LogP) is 2.34. The molecule has 5 nitrogen and oxygen atoms in total. The Bertz CT molecular complexity index is 636. The third-order valence-corrected chi connectivity index (χ3v) is 3.72. The Morgan fingerprint density at radius 3 is 2.95 bits per heavy atom. The van der Waals surface area contributed by atoms with E-state index < -0.39 is 18.0 Å². The zero-order valence-corrected chi connectivity index (χ0v) is 11.2. The van der Waals surface area contributed by atoms with Crippen LogP contribution in [0.4, 0.5) is 0 Å². The molecule has 0 saturated carbocycles. The Labute approximate surface area is 116 Å². The second-order valence-electron chi connectivity index (χ2n) is 4.98. The third-order valence-electron chi connectivity index (χ3n) is 3.72. The summed E-state index contributed by atoms with van der Waals surface area (Å²) in [6.45, 7) is 2.48. The number of rotatable bonds is 3. The molecule has 1 aliphatic heterocycles. The van der Waals surface area contributed by atoms with Crippen molar-refractivity contribution in [2.24, 2.45) is 5.92 Å². The van der Waals surface area contributed by atoms with Crippen molar-refractivity contribution < 1.29 is 14.6 Å². The Morgan fingerprint density at radius 1 is 1.40 bits per heavy atom. The molecule has 20 heavy (non-hydrogen) atoms. The Kier molecular flexibility index (Phi) is 3.28. The largest absolute Gasteiger partial charge is 0.481 e. The average Bonchev–Trinajstić information content (AvgIpc) is 3.07. The Morgan fingerprint density at radius 2 is 2.20 bits per heavy atom. The molecular formula is C15H16N2O3. The smallest absolute Gasteiger partial charge is 0.309 e. The maximum absolute atomic E-state index is 11.3. The number of hydrogen-bond donors (Lipinski definition) is 1. The molecule has 2 atom stereocenters. The summed E-state index contributed by atoms with van der Waals surface area (Å²) < 4.78 is 7.41. The molecule has 0 unspecified atom stereocenters. The molecule has 1 aromatic heterocycles. The molecule has 104 valence electrons. The summed E-state index contributed by atoms with van der Waals surface area (Å²) in [5.74, 6) is -1.32. The van der Waals surface area contributed by atoms with Crippen molar-refractivity contribution in [1.82, 2.24) is 9.78 Å². The van der Waals surface area contributed by atoms with E-state index in [4.69, 9.17) is 4.74 Å². The van der Waals surface area contributed by atoms with Crippen LogP contribution >= 0.6 is 0 Å². The van der Waals surface area contributed by atoms with E-state index in [1.165, 1.54) is 0 Å². The number of carboxylic acids is 1. The van der Waals surface area contributed by atoms with E-state index in [0.29, 0.717) is 13.0 Å². The SMILES string of the molecule is Cc1ccccc1-n1nccc1[C@H]1OCC[C@H]1C(=O)O. The van der Waals surface area contributed by atoms with E-state index in [1.54, 1.807) is 10.9 Å². The summed E-state index contributed by atoms with van der Waals surface area (Å²) in [6.07, 6.45) is 1.79. The van der Waals surface area contributed by atoms with E-state index in [2.05, 4.69) is 5.10 Å². The first-order chi connectivity index (χ1) is 9.68. The first-order valence-electron chi connectivity index (χ1n) is 6.63. The highest BCUT2D eigenvalue weighted by atomic mass is 16.5. The van der Waals surface area contributed by atoms with Crippen LogP contribution in [0.1, 0.15) is 23.8 Å². The van der Waals surface area contributed by atoms with Gasteiger partial charge in [-0.2, -0.15) is 5.10 Å². The maximum Gasteiger partial charge on any atom is 0.309 e. The lowest BCUT2D eigenvalue weighted by Gasteiger charge is -2.17. The molecule has 5 heteroatoms. The van der Waals surface area contributed by atoms with Gasteiger partial charge >= 0.3 is 5.97 Å².